The molecule has 0 fully saturated rings. The number of alkyl halides is 14. The summed E-state index contributed by atoms with van der Waals surface area (Å²) in [5.41, 5.74) is 0.559. The molecule has 0 unspecified atom stereocenters. The van der Waals surface area contributed by atoms with Gasteiger partial charge in [0.15, 0.2) is 8.67 Å². The molecule has 1 aromatic carbocycles. The van der Waals surface area contributed by atoms with Crippen molar-refractivity contribution in [2.45, 2.75) is 38.3 Å². The third-order valence-corrected chi connectivity index (χ3v) is 11.6. The van der Waals surface area contributed by atoms with Gasteiger partial charge in [-0.15, -0.1) is 0 Å². The van der Waals surface area contributed by atoms with E-state index in [-0.39, 0.29) is 17.5 Å². The molecule has 14 heteroatoms. The SMILES string of the molecule is C[CH]Cc1c(C(Cl)(Cl)C(Cl)(Cl)C(Cl)(Cl)Cl)cccc1C(Cl)(Cl)C(Cl)(Cl)C(Cl)(Cl)Cl. The molecule has 0 heterocycles. The van der Waals surface area contributed by atoms with Gasteiger partial charge in [0.1, 0.15) is 0 Å². The lowest BCUT2D eigenvalue weighted by atomic mass is 9.91. The van der Waals surface area contributed by atoms with E-state index < -0.39 is 24.9 Å². The van der Waals surface area contributed by atoms with Gasteiger partial charge in [-0.1, -0.05) is 188 Å². The molecule has 0 saturated carbocycles. The molecule has 0 aromatic heterocycles. The summed E-state index contributed by atoms with van der Waals surface area (Å²) in [6.07, 6.45) is 1.93. The summed E-state index contributed by atoms with van der Waals surface area (Å²) < 4.78 is -13.5. The quantitative estimate of drug-likeness (QED) is 0.262. The van der Waals surface area contributed by atoms with Gasteiger partial charge in [-0.05, 0) is 29.5 Å². The lowest BCUT2D eigenvalue weighted by Crippen LogP contribution is -2.47. The van der Waals surface area contributed by atoms with Gasteiger partial charge in [-0.25, -0.2) is 0 Å². The molecule has 0 amide bonds. The van der Waals surface area contributed by atoms with Crippen LogP contribution in [0.1, 0.15) is 23.6 Å². The van der Waals surface area contributed by atoms with Crippen molar-refractivity contribution in [2.75, 3.05) is 0 Å². The molecule has 0 aliphatic carbocycles. The van der Waals surface area contributed by atoms with Gasteiger partial charge < -0.3 is 0 Å². The standard InChI is InChI=1S/C15H9Cl14/c1-2-4-7-8(10(16,17)12(20,21)14(24,25)26)5-3-6-9(7)11(18,19)13(22,23)15(27,28)29/h2-3,5-6H,4H2,1H3. The molecule has 0 atom stereocenters. The lowest BCUT2D eigenvalue weighted by molar-refractivity contribution is 0.669. The van der Waals surface area contributed by atoms with Crippen LogP contribution in [0.5, 0.6) is 0 Å². The first-order valence-corrected chi connectivity index (χ1v) is 12.5. The van der Waals surface area contributed by atoms with Crippen molar-refractivity contribution in [1.29, 1.82) is 0 Å². The summed E-state index contributed by atoms with van der Waals surface area (Å²) in [6.45, 7) is 1.74. The van der Waals surface area contributed by atoms with Crippen LogP contribution in [0.25, 0.3) is 0 Å². The Kier molecular flexibility index (Phi) is 10.6. The largest absolute Gasteiger partial charge is 0.226 e. The number of rotatable bonds is 6. The fourth-order valence-electron chi connectivity index (χ4n) is 2.29. The second-order valence-electron chi connectivity index (χ2n) is 5.74. The molecule has 0 nitrogen and oxygen atoms in total. The molecule has 1 rings (SSSR count). The minimum atomic E-state index is -2.32. The molecule has 29 heavy (non-hydrogen) atoms. The van der Waals surface area contributed by atoms with E-state index in [9.17, 15) is 0 Å². The molecular weight excluding hydrogens is 677 g/mol. The molecule has 0 saturated heterocycles. The molecule has 1 aromatic rings. The summed E-state index contributed by atoms with van der Waals surface area (Å²) in [6, 6.07) is 4.45. The van der Waals surface area contributed by atoms with Gasteiger partial charge in [0.25, 0.3) is 0 Å². The highest BCUT2D eigenvalue weighted by atomic mass is 35.6. The van der Waals surface area contributed by atoms with Gasteiger partial charge in [0.05, 0.1) is 0 Å². The maximum atomic E-state index is 6.51. The van der Waals surface area contributed by atoms with Crippen LogP contribution in [0.3, 0.4) is 0 Å². The Labute approximate surface area is 239 Å². The van der Waals surface area contributed by atoms with Crippen molar-refractivity contribution in [1.82, 2.24) is 0 Å². The number of hydrogen-bond acceptors (Lipinski definition) is 0. The molecule has 167 valence electrons. The summed E-state index contributed by atoms with van der Waals surface area (Å²) in [5, 5.41) is 0. The maximum absolute atomic E-state index is 6.51. The van der Waals surface area contributed by atoms with Crippen molar-refractivity contribution in [3.8, 4) is 0 Å². The first kappa shape index (κ1) is 30.3. The third-order valence-electron chi connectivity index (χ3n) is 3.76. The van der Waals surface area contributed by atoms with Gasteiger partial charge in [-0.2, -0.15) is 0 Å². The van der Waals surface area contributed by atoms with E-state index in [1.807, 2.05) is 0 Å². The Bertz CT molecular complexity index is 669. The van der Waals surface area contributed by atoms with Crippen LogP contribution in [-0.4, -0.2) is 16.3 Å². The van der Waals surface area contributed by atoms with Gasteiger partial charge in [0, 0.05) is 0 Å². The Balaban J connectivity index is 3.87. The summed E-state index contributed by atoms with van der Waals surface area (Å²) in [5.74, 6) is 0. The van der Waals surface area contributed by atoms with E-state index in [2.05, 4.69) is 0 Å². The minimum Gasteiger partial charge on any atom is -0.0930 e. The first-order valence-electron chi connectivity index (χ1n) is 7.23. The van der Waals surface area contributed by atoms with E-state index in [1.165, 1.54) is 18.2 Å². The highest BCUT2D eigenvalue weighted by molar-refractivity contribution is 6.79. The van der Waals surface area contributed by atoms with Crippen LogP contribution in [0.15, 0.2) is 18.2 Å². The van der Waals surface area contributed by atoms with Crippen LogP contribution >= 0.6 is 162 Å². The molecule has 0 aliphatic heterocycles. The fraction of sp³-hybridized carbons (Fsp3) is 0.533. The van der Waals surface area contributed by atoms with Crippen LogP contribution < -0.4 is 0 Å². The summed E-state index contributed by atoms with van der Waals surface area (Å²) >= 11 is 86.4. The van der Waals surface area contributed by atoms with Crippen molar-refractivity contribution in [2.24, 2.45) is 0 Å². The smallest absolute Gasteiger partial charge is 0.0930 e. The van der Waals surface area contributed by atoms with Gasteiger partial charge in [-0.3, -0.25) is 0 Å². The number of halogens is 14. The zero-order chi connectivity index (χ0) is 23.3. The van der Waals surface area contributed by atoms with Crippen molar-refractivity contribution < 1.29 is 0 Å². The zero-order valence-electron chi connectivity index (χ0n) is 13.8. The van der Waals surface area contributed by atoms with Crippen LogP contribution in [0.4, 0.5) is 0 Å². The predicted molar refractivity (Wildman–Crippen MR) is 136 cm³/mol. The Morgan fingerprint density at radius 1 is 0.621 bits per heavy atom. The van der Waals surface area contributed by atoms with Crippen LogP contribution in [0.2, 0.25) is 0 Å². The summed E-state index contributed by atoms with van der Waals surface area (Å²) in [4.78, 5) is 0. The molecule has 0 spiro atoms. The minimum absolute atomic E-state index is 0.117. The zero-order valence-corrected chi connectivity index (χ0v) is 24.4. The topological polar surface area (TPSA) is 0 Å². The van der Waals surface area contributed by atoms with Crippen molar-refractivity contribution in [3.05, 3.63) is 41.3 Å². The maximum Gasteiger partial charge on any atom is 0.226 e. The second-order valence-corrected chi connectivity index (χ2v) is 15.6. The lowest BCUT2D eigenvalue weighted by Gasteiger charge is -2.42. The van der Waals surface area contributed by atoms with E-state index in [0.717, 1.165) is 0 Å². The van der Waals surface area contributed by atoms with E-state index in [0.29, 0.717) is 5.56 Å². The van der Waals surface area contributed by atoms with Crippen molar-refractivity contribution in [3.63, 3.8) is 0 Å². The Hall–Kier alpha value is 3.28. The Morgan fingerprint density at radius 2 is 0.931 bits per heavy atom. The average molecular weight is 686 g/mol. The fourth-order valence-corrected chi connectivity index (χ4v) is 5.41. The molecule has 0 aliphatic rings. The van der Waals surface area contributed by atoms with Crippen LogP contribution in [0, 0.1) is 6.42 Å². The van der Waals surface area contributed by atoms with Crippen LogP contribution in [-0.2, 0) is 15.1 Å². The molecule has 1 radical (unpaired) electrons. The van der Waals surface area contributed by atoms with Gasteiger partial charge >= 0.3 is 0 Å². The van der Waals surface area contributed by atoms with E-state index in [4.69, 9.17) is 162 Å². The van der Waals surface area contributed by atoms with E-state index in [1.54, 1.807) is 13.3 Å². The van der Waals surface area contributed by atoms with E-state index >= 15 is 0 Å². The predicted octanol–water partition coefficient (Wildman–Crippen LogP) is 10.8. The number of hydrogen-bond donors (Lipinski definition) is 0. The molecular formula is C15H9Cl14. The normalized spacial score (nSPS) is 15.0. The average Bonchev–Trinajstić information content (AvgIpc) is 2.52. The number of benzene rings is 1. The monoisotopic (exact) mass is 679 g/mol. The third kappa shape index (κ3) is 5.75. The highest BCUT2D eigenvalue weighted by Crippen LogP contribution is 2.64. The van der Waals surface area contributed by atoms with Crippen molar-refractivity contribution >= 4 is 162 Å². The summed E-state index contributed by atoms with van der Waals surface area (Å²) in [7, 11) is 0. The second kappa shape index (κ2) is 10.1. The van der Waals surface area contributed by atoms with Gasteiger partial charge in [0.2, 0.25) is 16.3 Å². The molecule has 0 N–H and O–H groups in total. The highest BCUT2D eigenvalue weighted by Gasteiger charge is 2.63. The first-order chi connectivity index (χ1) is 12.7. The Morgan fingerprint density at radius 3 is 1.17 bits per heavy atom. The molecule has 0 bridgehead atoms.